The molecule has 3 aliphatic heterocycles. The Kier molecular flexibility index (Phi) is 4.76. The maximum atomic E-state index is 14.5. The number of hydrogen-bond acceptors (Lipinski definition) is 5. The number of hydrogen-bond donors (Lipinski definition) is 0. The van der Waals surface area contributed by atoms with E-state index >= 15 is 0 Å². The lowest BCUT2D eigenvalue weighted by Gasteiger charge is -2.38. The van der Waals surface area contributed by atoms with Crippen LogP contribution in [-0.2, 0) is 0 Å². The number of guanidine groups is 1. The van der Waals surface area contributed by atoms with Crippen molar-refractivity contribution in [2.75, 3.05) is 13.1 Å². The van der Waals surface area contributed by atoms with E-state index in [0.717, 1.165) is 12.8 Å². The highest BCUT2D eigenvalue weighted by atomic mass is 127. The van der Waals surface area contributed by atoms with E-state index in [1.165, 1.54) is 5.01 Å². The van der Waals surface area contributed by atoms with Crippen LogP contribution in [0.25, 0.3) is 5.57 Å². The molecule has 0 atom stereocenters. The molecular formula is C16H14ClF3IN5. The molecule has 1 fully saturated rings. The second kappa shape index (κ2) is 6.91. The van der Waals surface area contributed by atoms with Crippen LogP contribution in [0, 0.1) is 23.4 Å². The van der Waals surface area contributed by atoms with Gasteiger partial charge >= 0.3 is 0 Å². The van der Waals surface area contributed by atoms with Crippen LogP contribution in [-0.4, -0.2) is 34.1 Å². The third kappa shape index (κ3) is 3.04. The Morgan fingerprint density at radius 1 is 1.15 bits per heavy atom. The Morgan fingerprint density at radius 2 is 1.81 bits per heavy atom. The summed E-state index contributed by atoms with van der Waals surface area (Å²) < 4.78 is 51.0. The molecule has 1 saturated heterocycles. The van der Waals surface area contributed by atoms with Gasteiger partial charge in [-0.1, -0.05) is 18.5 Å². The number of aliphatic imine (C=N–C) groups is 1. The second-order valence-electron chi connectivity index (χ2n) is 6.36. The van der Waals surface area contributed by atoms with E-state index in [0.29, 0.717) is 42.9 Å². The van der Waals surface area contributed by atoms with Crippen LogP contribution < -0.4 is 0 Å². The first kappa shape index (κ1) is 17.9. The van der Waals surface area contributed by atoms with E-state index < -0.39 is 44.3 Å². The molecule has 5 nitrogen and oxygen atoms in total. The number of piperidine rings is 1. The second-order valence-corrected chi connectivity index (χ2v) is 8.07. The average Bonchev–Trinajstić information content (AvgIpc) is 3.03. The molecule has 0 radical (unpaired) electrons. The van der Waals surface area contributed by atoms with Crippen molar-refractivity contribution >= 4 is 49.6 Å². The summed E-state index contributed by atoms with van der Waals surface area (Å²) >= 11 is 5.48. The lowest BCUT2D eigenvalue weighted by molar-refractivity contribution is 0.200. The fourth-order valence-electron chi connectivity index (χ4n) is 3.20. The smallest absolute Gasteiger partial charge is 0.260 e. The monoisotopic (exact) mass is 495 g/mol. The minimum atomic E-state index is -1.02. The number of fused-ring (bicyclic) bond motifs is 1. The minimum absolute atomic E-state index is 0.0702. The van der Waals surface area contributed by atoms with Gasteiger partial charge in [-0.25, -0.2) is 13.2 Å². The highest BCUT2D eigenvalue weighted by Crippen LogP contribution is 2.39. The molecule has 26 heavy (non-hydrogen) atoms. The zero-order valence-corrected chi connectivity index (χ0v) is 16.6. The Hall–Kier alpha value is -1.49. The van der Waals surface area contributed by atoms with Crippen molar-refractivity contribution in [1.82, 2.24) is 9.91 Å². The van der Waals surface area contributed by atoms with Gasteiger partial charge in [0.05, 0.1) is 11.1 Å². The standard InChI is InChI=1S/C16H14ClF3IN5/c1-8-2-4-25(5-3-8)15-13(12-10(19)6-9(18)7-11(12)20)14(17)22-16-23-21-24-26(15)16/h6-8H,2-5H2,1H3. The molecule has 0 saturated carbocycles. The molecule has 3 heterocycles. The number of nitrogens with zero attached hydrogens (tertiary/aromatic N) is 5. The quantitative estimate of drug-likeness (QED) is 0.553. The van der Waals surface area contributed by atoms with Gasteiger partial charge in [-0.2, -0.15) is 13.2 Å². The van der Waals surface area contributed by atoms with E-state index in [1.807, 2.05) is 4.90 Å². The molecule has 1 aromatic carbocycles. The summed E-state index contributed by atoms with van der Waals surface area (Å²) in [5.41, 5.74) is -0.307. The number of likely N-dealkylation sites (tertiary alicyclic amines) is 1. The summed E-state index contributed by atoms with van der Waals surface area (Å²) in [6, 6.07) is 1.28. The number of benzene rings is 1. The molecule has 138 valence electrons. The molecule has 10 heteroatoms. The first-order valence-electron chi connectivity index (χ1n) is 8.07. The van der Waals surface area contributed by atoms with Crippen molar-refractivity contribution in [1.29, 1.82) is 0 Å². The Bertz CT molecular complexity index is 867. The summed E-state index contributed by atoms with van der Waals surface area (Å²) in [5.74, 6) is -1.66. The highest BCUT2D eigenvalue weighted by molar-refractivity contribution is 14.1. The average molecular weight is 496 g/mol. The van der Waals surface area contributed by atoms with E-state index in [9.17, 15) is 13.2 Å². The van der Waals surface area contributed by atoms with Gasteiger partial charge < -0.3 is 4.90 Å². The van der Waals surface area contributed by atoms with Crippen molar-refractivity contribution < 1.29 is 13.2 Å². The van der Waals surface area contributed by atoms with Gasteiger partial charge in [0.2, 0.25) is 0 Å². The van der Waals surface area contributed by atoms with E-state index in [1.54, 1.807) is 0 Å². The summed E-state index contributed by atoms with van der Waals surface area (Å²) in [7, 11) is 0. The van der Waals surface area contributed by atoms with Crippen LogP contribution in [0.4, 0.5) is 13.2 Å². The zero-order valence-electron chi connectivity index (χ0n) is 13.7. The number of halogens is 5. The first-order chi connectivity index (χ1) is 12.5. The van der Waals surface area contributed by atoms with Crippen molar-refractivity contribution in [2.24, 2.45) is 17.4 Å². The SMILES string of the molecule is CC1CCN(C2=C(c3c(F)cc(F)cc3F)C(Cl)=NC3=NI=NN32)CC1. The first-order valence-corrected chi connectivity index (χ1v) is 10.4. The van der Waals surface area contributed by atoms with Crippen LogP contribution in [0.15, 0.2) is 29.4 Å². The molecule has 0 amide bonds. The van der Waals surface area contributed by atoms with Crippen molar-refractivity contribution in [3.8, 4) is 0 Å². The van der Waals surface area contributed by atoms with E-state index in [-0.39, 0.29) is 10.7 Å². The molecule has 3 aliphatic rings. The number of rotatable bonds is 2. The van der Waals surface area contributed by atoms with Gasteiger partial charge in [-0.15, -0.1) is 3.25 Å². The summed E-state index contributed by atoms with van der Waals surface area (Å²) in [6.07, 6.45) is 1.88. The van der Waals surface area contributed by atoms with Gasteiger partial charge in [-0.3, -0.25) is 0 Å². The summed E-state index contributed by atoms with van der Waals surface area (Å²) in [6.45, 7) is 3.57. The lowest BCUT2D eigenvalue weighted by atomic mass is 9.97. The fourth-order valence-corrected chi connectivity index (χ4v) is 4.65. The third-order valence-corrected chi connectivity index (χ3v) is 6.13. The van der Waals surface area contributed by atoms with Crippen LogP contribution in [0.2, 0.25) is 0 Å². The molecule has 0 aliphatic carbocycles. The lowest BCUT2D eigenvalue weighted by Crippen LogP contribution is -2.42. The van der Waals surface area contributed by atoms with Crippen LogP contribution in [0.1, 0.15) is 25.3 Å². The molecule has 0 aromatic heterocycles. The third-order valence-electron chi connectivity index (χ3n) is 4.58. The summed E-state index contributed by atoms with van der Waals surface area (Å²) in [5, 5.41) is 1.45. The molecule has 0 unspecified atom stereocenters. The van der Waals surface area contributed by atoms with Gasteiger partial charge in [0.25, 0.3) is 5.96 Å². The van der Waals surface area contributed by atoms with E-state index in [4.69, 9.17) is 11.6 Å². The van der Waals surface area contributed by atoms with Crippen molar-refractivity contribution in [3.05, 3.63) is 41.0 Å². The van der Waals surface area contributed by atoms with Gasteiger partial charge in [-0.05, 0) is 18.8 Å². The normalized spacial score (nSPS) is 20.8. The van der Waals surface area contributed by atoms with Crippen molar-refractivity contribution in [3.63, 3.8) is 0 Å². The summed E-state index contributed by atoms with van der Waals surface area (Å²) in [4.78, 5) is 6.15. The van der Waals surface area contributed by atoms with Gasteiger partial charge in [0, 0.05) is 25.2 Å². The molecule has 4 rings (SSSR count). The minimum Gasteiger partial charge on any atom is -0.356 e. The number of allylic oxidation sites excluding steroid dienone is 1. The van der Waals surface area contributed by atoms with Crippen molar-refractivity contribution in [2.45, 2.75) is 19.8 Å². The maximum absolute atomic E-state index is 14.5. The van der Waals surface area contributed by atoms with Gasteiger partial charge in [0.1, 0.15) is 28.4 Å². The predicted octanol–water partition coefficient (Wildman–Crippen LogP) is 4.81. The molecule has 0 bridgehead atoms. The molecule has 0 N–H and O–H groups in total. The fraction of sp³-hybridized carbons (Fsp3) is 0.375. The van der Waals surface area contributed by atoms with Gasteiger partial charge in [0.15, 0.2) is 21.3 Å². The maximum Gasteiger partial charge on any atom is 0.260 e. The topological polar surface area (TPSA) is 43.6 Å². The van der Waals surface area contributed by atoms with E-state index in [2.05, 4.69) is 18.4 Å². The van der Waals surface area contributed by atoms with Crippen LogP contribution in [0.5, 0.6) is 0 Å². The molecular weight excluding hydrogens is 482 g/mol. The predicted molar refractivity (Wildman–Crippen MR) is 102 cm³/mol. The largest absolute Gasteiger partial charge is 0.356 e. The van der Waals surface area contributed by atoms with Crippen LogP contribution >= 0.6 is 32.9 Å². The Labute approximate surface area is 163 Å². The Morgan fingerprint density at radius 3 is 2.46 bits per heavy atom. The molecule has 0 spiro atoms. The van der Waals surface area contributed by atoms with Crippen LogP contribution in [0.3, 0.4) is 0 Å². The highest BCUT2D eigenvalue weighted by Gasteiger charge is 2.37. The Balaban J connectivity index is 1.92. The zero-order chi connectivity index (χ0) is 18.4. The molecule has 1 aromatic rings.